The Morgan fingerprint density at radius 1 is 0.929 bits per heavy atom. The van der Waals surface area contributed by atoms with E-state index in [1.807, 2.05) is 0 Å². The minimum absolute atomic E-state index is 0.490. The van der Waals surface area contributed by atoms with Gasteiger partial charge in [-0.3, -0.25) is 0 Å². The SMILES string of the molecule is CP(O)(=S)CNCCNCP(C)(O)=S. The van der Waals surface area contributed by atoms with E-state index in [9.17, 15) is 9.79 Å². The molecule has 0 radical (unpaired) electrons. The van der Waals surface area contributed by atoms with Crippen LogP contribution in [0.1, 0.15) is 0 Å². The molecule has 0 saturated carbocycles. The van der Waals surface area contributed by atoms with Crippen LogP contribution in [0.3, 0.4) is 0 Å². The predicted octanol–water partition coefficient (Wildman–Crippen LogP) is 0.114. The van der Waals surface area contributed by atoms with E-state index < -0.39 is 12.5 Å². The van der Waals surface area contributed by atoms with Crippen LogP contribution in [0, 0.1) is 0 Å². The average molecular weight is 276 g/mol. The molecule has 4 nitrogen and oxygen atoms in total. The zero-order valence-corrected chi connectivity index (χ0v) is 11.9. The van der Waals surface area contributed by atoms with Crippen LogP contribution in [-0.4, -0.2) is 48.8 Å². The van der Waals surface area contributed by atoms with E-state index >= 15 is 0 Å². The van der Waals surface area contributed by atoms with Crippen molar-refractivity contribution in [3.63, 3.8) is 0 Å². The molecule has 0 aliphatic carbocycles. The molecule has 8 heteroatoms. The fourth-order valence-corrected chi connectivity index (χ4v) is 2.44. The Balaban J connectivity index is 3.32. The molecule has 0 aliphatic heterocycles. The Labute approximate surface area is 95.7 Å². The van der Waals surface area contributed by atoms with Crippen LogP contribution < -0.4 is 10.6 Å². The number of hydrogen-bond donors (Lipinski definition) is 4. The summed E-state index contributed by atoms with van der Waals surface area (Å²) in [5.41, 5.74) is 0. The molecule has 0 aromatic heterocycles. The molecule has 0 aromatic rings. The van der Waals surface area contributed by atoms with Gasteiger partial charge in [-0.1, -0.05) is 23.6 Å². The van der Waals surface area contributed by atoms with Crippen LogP contribution in [0.2, 0.25) is 0 Å². The summed E-state index contributed by atoms with van der Waals surface area (Å²) >= 11 is 9.71. The first-order chi connectivity index (χ1) is 6.21. The largest absolute Gasteiger partial charge is 0.364 e. The first-order valence-electron chi connectivity index (χ1n) is 4.21. The first kappa shape index (κ1) is 15.1. The number of hydrogen-bond acceptors (Lipinski definition) is 4. The van der Waals surface area contributed by atoms with Crippen molar-refractivity contribution >= 4 is 36.1 Å². The van der Waals surface area contributed by atoms with Crippen LogP contribution in [0.15, 0.2) is 0 Å². The zero-order valence-electron chi connectivity index (χ0n) is 8.43. The molecule has 2 unspecified atom stereocenters. The fourth-order valence-electron chi connectivity index (χ4n) is 0.750. The summed E-state index contributed by atoms with van der Waals surface area (Å²) in [6.07, 6.45) is -3.25. The molecule has 86 valence electrons. The lowest BCUT2D eigenvalue weighted by molar-refractivity contribution is 0.598. The zero-order chi connectivity index (χ0) is 11.2. The van der Waals surface area contributed by atoms with Crippen LogP contribution in [0.5, 0.6) is 0 Å². The normalized spacial score (nSPS) is 20.0. The molecular formula is C6H18N2O2P2S2. The highest BCUT2D eigenvalue weighted by molar-refractivity contribution is 8.11. The molecule has 4 N–H and O–H groups in total. The van der Waals surface area contributed by atoms with Gasteiger partial charge in [0, 0.05) is 25.7 Å². The lowest BCUT2D eigenvalue weighted by Gasteiger charge is -2.12. The summed E-state index contributed by atoms with van der Waals surface area (Å²) in [7, 11) is 0. The molecule has 0 bridgehead atoms. The lowest BCUT2D eigenvalue weighted by Crippen LogP contribution is -2.28. The van der Waals surface area contributed by atoms with Crippen LogP contribution in [0.25, 0.3) is 0 Å². The average Bonchev–Trinajstić information content (AvgIpc) is 1.92. The molecule has 0 saturated heterocycles. The third-order valence-electron chi connectivity index (χ3n) is 1.29. The van der Waals surface area contributed by atoms with Gasteiger partial charge >= 0.3 is 0 Å². The van der Waals surface area contributed by atoms with Gasteiger partial charge in [0.2, 0.25) is 0 Å². The lowest BCUT2D eigenvalue weighted by atomic mass is 10.6. The fraction of sp³-hybridized carbons (Fsp3) is 1.00. The summed E-state index contributed by atoms with van der Waals surface area (Å²) in [5.74, 6) is 0. The van der Waals surface area contributed by atoms with E-state index in [1.54, 1.807) is 13.3 Å². The second kappa shape index (κ2) is 6.66. The van der Waals surface area contributed by atoms with Crippen LogP contribution >= 0.6 is 12.5 Å². The Kier molecular flexibility index (Phi) is 7.21. The molecule has 0 rings (SSSR count). The van der Waals surface area contributed by atoms with Crippen LogP contribution in [-0.2, 0) is 23.6 Å². The van der Waals surface area contributed by atoms with E-state index in [1.165, 1.54) is 0 Å². The monoisotopic (exact) mass is 276 g/mol. The third kappa shape index (κ3) is 13.1. The molecule has 0 aliphatic rings. The predicted molar refractivity (Wildman–Crippen MR) is 70.6 cm³/mol. The van der Waals surface area contributed by atoms with Crippen molar-refractivity contribution in [3.8, 4) is 0 Å². The maximum absolute atomic E-state index is 9.30. The summed E-state index contributed by atoms with van der Waals surface area (Å²) in [6.45, 7) is 4.81. The third-order valence-corrected chi connectivity index (χ3v) is 3.68. The van der Waals surface area contributed by atoms with Crippen molar-refractivity contribution in [2.24, 2.45) is 0 Å². The molecule has 0 heterocycles. The van der Waals surface area contributed by atoms with Crippen molar-refractivity contribution in [3.05, 3.63) is 0 Å². The van der Waals surface area contributed by atoms with Crippen molar-refractivity contribution in [2.75, 3.05) is 39.0 Å². The Morgan fingerprint density at radius 3 is 1.43 bits per heavy atom. The van der Waals surface area contributed by atoms with Gasteiger partial charge in [0.05, 0.1) is 12.5 Å². The molecule has 2 atom stereocenters. The smallest absolute Gasteiger partial charge is 0.0737 e. The van der Waals surface area contributed by atoms with Gasteiger partial charge in [-0.05, 0) is 13.3 Å². The van der Waals surface area contributed by atoms with Gasteiger partial charge in [-0.15, -0.1) is 0 Å². The summed E-state index contributed by atoms with van der Waals surface area (Å²) in [5, 5.41) is 6.08. The Bertz CT molecular complexity index is 224. The van der Waals surface area contributed by atoms with Crippen molar-refractivity contribution in [1.82, 2.24) is 10.6 Å². The molecule has 14 heavy (non-hydrogen) atoms. The van der Waals surface area contributed by atoms with Crippen molar-refractivity contribution in [2.45, 2.75) is 0 Å². The number of nitrogens with one attached hydrogen (secondary N) is 2. The van der Waals surface area contributed by atoms with Crippen molar-refractivity contribution < 1.29 is 9.79 Å². The Morgan fingerprint density at radius 2 is 1.21 bits per heavy atom. The standard InChI is InChI=1S/C6H18N2O2P2S2/c1-11(9,13)5-7-3-4-8-6-12(2,10)14/h7-8H,3-6H2,1-2H3,(H,9,13)(H,10,14). The Hall–Kier alpha value is 1.14. The summed E-state index contributed by atoms with van der Waals surface area (Å²) < 4.78 is 0. The molecule has 0 amide bonds. The van der Waals surface area contributed by atoms with E-state index in [4.69, 9.17) is 23.6 Å². The van der Waals surface area contributed by atoms with Gasteiger partial charge in [0.25, 0.3) is 0 Å². The number of rotatable bonds is 7. The van der Waals surface area contributed by atoms with Crippen LogP contribution in [0.4, 0.5) is 0 Å². The van der Waals surface area contributed by atoms with E-state index in [0.717, 1.165) is 13.1 Å². The highest BCUT2D eigenvalue weighted by Gasteiger charge is 2.04. The molecule has 0 fully saturated rings. The maximum atomic E-state index is 9.30. The van der Waals surface area contributed by atoms with E-state index in [0.29, 0.717) is 12.6 Å². The van der Waals surface area contributed by atoms with Gasteiger partial charge in [0.1, 0.15) is 0 Å². The van der Waals surface area contributed by atoms with E-state index in [-0.39, 0.29) is 0 Å². The second-order valence-electron chi connectivity index (χ2n) is 3.42. The summed E-state index contributed by atoms with van der Waals surface area (Å²) in [6, 6.07) is 0. The van der Waals surface area contributed by atoms with Crippen molar-refractivity contribution in [1.29, 1.82) is 0 Å². The topological polar surface area (TPSA) is 64.5 Å². The van der Waals surface area contributed by atoms with E-state index in [2.05, 4.69) is 10.6 Å². The quantitative estimate of drug-likeness (QED) is 0.391. The molecule has 0 aromatic carbocycles. The van der Waals surface area contributed by atoms with Gasteiger partial charge in [-0.25, -0.2) is 0 Å². The second-order valence-corrected chi connectivity index (χ2v) is 13.0. The highest BCUT2D eigenvalue weighted by atomic mass is 32.4. The molecular weight excluding hydrogens is 258 g/mol. The summed E-state index contributed by atoms with van der Waals surface area (Å²) in [4.78, 5) is 18.6. The minimum Gasteiger partial charge on any atom is -0.364 e. The van der Waals surface area contributed by atoms with Gasteiger partial charge in [0.15, 0.2) is 0 Å². The van der Waals surface area contributed by atoms with Gasteiger partial charge < -0.3 is 20.4 Å². The maximum Gasteiger partial charge on any atom is 0.0737 e. The first-order valence-corrected chi connectivity index (χ1v) is 11.0. The molecule has 0 spiro atoms. The minimum atomic E-state index is -2.12. The van der Waals surface area contributed by atoms with Gasteiger partial charge in [-0.2, -0.15) is 0 Å². The highest BCUT2D eigenvalue weighted by Crippen LogP contribution is 2.33.